The van der Waals surface area contributed by atoms with E-state index < -0.39 is 0 Å². The molecule has 1 fully saturated rings. The van der Waals surface area contributed by atoms with Crippen LogP contribution in [0.25, 0.3) is 0 Å². The van der Waals surface area contributed by atoms with Crippen molar-refractivity contribution in [2.24, 2.45) is 0 Å². The fourth-order valence-corrected chi connectivity index (χ4v) is 2.04. The van der Waals surface area contributed by atoms with Gasteiger partial charge < -0.3 is 10.6 Å². The number of halogens is 1. The highest BCUT2D eigenvalue weighted by Crippen LogP contribution is 2.24. The molecule has 1 atom stereocenters. The largest absolute Gasteiger partial charge is 0.365 e. The topological polar surface area (TPSA) is 54.0 Å². The fourth-order valence-electron chi connectivity index (χ4n) is 1.69. The Morgan fingerprint density at radius 3 is 3.12 bits per heavy atom. The Bertz CT molecular complexity index is 398. The van der Waals surface area contributed by atoms with Gasteiger partial charge in [-0.2, -0.15) is 0 Å². The van der Waals surface area contributed by atoms with Crippen LogP contribution >= 0.6 is 15.9 Å². The van der Waals surface area contributed by atoms with E-state index in [1.807, 2.05) is 13.0 Å². The van der Waals surface area contributed by atoms with Gasteiger partial charge in [0.2, 0.25) is 5.91 Å². The minimum atomic E-state index is 0.134. The summed E-state index contributed by atoms with van der Waals surface area (Å²) in [4.78, 5) is 15.3. The van der Waals surface area contributed by atoms with Crippen molar-refractivity contribution in [1.29, 1.82) is 0 Å². The highest BCUT2D eigenvalue weighted by Gasteiger charge is 2.18. The van der Waals surface area contributed by atoms with Crippen LogP contribution in [0.5, 0.6) is 0 Å². The number of rotatable bonds is 2. The molecule has 1 aliphatic heterocycles. The lowest BCUT2D eigenvalue weighted by atomic mass is 10.1. The number of carbonyl (C=O) groups excluding carboxylic acids is 1. The molecule has 2 heterocycles. The van der Waals surface area contributed by atoms with Crippen LogP contribution in [0.15, 0.2) is 16.7 Å². The SMILES string of the molecule is Cc1ccnc(NC2CCC(=O)NC2)c1Br. The van der Waals surface area contributed by atoms with Gasteiger partial charge in [0, 0.05) is 25.2 Å². The first-order valence-electron chi connectivity index (χ1n) is 5.31. The van der Waals surface area contributed by atoms with E-state index in [4.69, 9.17) is 0 Å². The molecule has 1 amide bonds. The van der Waals surface area contributed by atoms with Crippen LogP contribution in [0.4, 0.5) is 5.82 Å². The van der Waals surface area contributed by atoms with Gasteiger partial charge in [-0.05, 0) is 40.9 Å². The Hall–Kier alpha value is -1.10. The minimum Gasteiger partial charge on any atom is -0.365 e. The van der Waals surface area contributed by atoms with Crippen molar-refractivity contribution in [1.82, 2.24) is 10.3 Å². The second-order valence-corrected chi connectivity index (χ2v) is 4.77. The summed E-state index contributed by atoms with van der Waals surface area (Å²) in [5, 5.41) is 6.18. The van der Waals surface area contributed by atoms with Crippen molar-refractivity contribution in [2.45, 2.75) is 25.8 Å². The van der Waals surface area contributed by atoms with Crippen LogP contribution in [0.3, 0.4) is 0 Å². The number of aromatic nitrogens is 1. The van der Waals surface area contributed by atoms with E-state index in [1.165, 1.54) is 0 Å². The summed E-state index contributed by atoms with van der Waals surface area (Å²) in [5.41, 5.74) is 1.15. The third-order valence-corrected chi connectivity index (χ3v) is 3.69. The summed E-state index contributed by atoms with van der Waals surface area (Å²) >= 11 is 3.51. The number of aryl methyl sites for hydroxylation is 1. The van der Waals surface area contributed by atoms with Crippen molar-refractivity contribution in [3.63, 3.8) is 0 Å². The normalized spacial score (nSPS) is 20.4. The first-order valence-corrected chi connectivity index (χ1v) is 6.10. The molecule has 0 saturated carbocycles. The van der Waals surface area contributed by atoms with E-state index in [2.05, 4.69) is 31.5 Å². The van der Waals surface area contributed by atoms with Crippen molar-refractivity contribution in [2.75, 3.05) is 11.9 Å². The van der Waals surface area contributed by atoms with Crippen LogP contribution in [0.1, 0.15) is 18.4 Å². The molecule has 5 heteroatoms. The Morgan fingerprint density at radius 1 is 1.62 bits per heavy atom. The number of hydrogen-bond acceptors (Lipinski definition) is 3. The van der Waals surface area contributed by atoms with Crippen LogP contribution in [0.2, 0.25) is 0 Å². The number of carbonyl (C=O) groups is 1. The number of pyridine rings is 1. The summed E-state index contributed by atoms with van der Waals surface area (Å²) in [6.07, 6.45) is 3.22. The van der Waals surface area contributed by atoms with Gasteiger partial charge in [-0.3, -0.25) is 4.79 Å². The number of anilines is 1. The zero-order valence-electron chi connectivity index (χ0n) is 9.09. The molecule has 16 heavy (non-hydrogen) atoms. The number of nitrogens with one attached hydrogen (secondary N) is 2. The molecule has 2 rings (SSSR count). The quantitative estimate of drug-likeness (QED) is 0.871. The lowest BCUT2D eigenvalue weighted by Crippen LogP contribution is -2.42. The molecule has 0 aliphatic carbocycles. The average Bonchev–Trinajstić information content (AvgIpc) is 2.28. The molecule has 86 valence electrons. The van der Waals surface area contributed by atoms with Crippen LogP contribution in [-0.4, -0.2) is 23.5 Å². The Kier molecular flexibility index (Phi) is 3.43. The smallest absolute Gasteiger partial charge is 0.220 e. The first-order chi connectivity index (χ1) is 7.66. The predicted octanol–water partition coefficient (Wildman–Crippen LogP) is 1.84. The van der Waals surface area contributed by atoms with Crippen molar-refractivity contribution < 1.29 is 4.79 Å². The molecular weight excluding hydrogens is 270 g/mol. The lowest BCUT2D eigenvalue weighted by molar-refractivity contribution is -0.122. The number of nitrogens with zero attached hydrogens (tertiary/aromatic N) is 1. The second kappa shape index (κ2) is 4.82. The Morgan fingerprint density at radius 2 is 2.44 bits per heavy atom. The molecule has 1 aliphatic rings. The molecule has 0 radical (unpaired) electrons. The third kappa shape index (κ3) is 2.52. The highest BCUT2D eigenvalue weighted by molar-refractivity contribution is 9.10. The van der Waals surface area contributed by atoms with Gasteiger partial charge in [-0.1, -0.05) is 0 Å². The van der Waals surface area contributed by atoms with E-state index in [0.29, 0.717) is 13.0 Å². The molecule has 0 aromatic carbocycles. The molecule has 0 bridgehead atoms. The van der Waals surface area contributed by atoms with Crippen molar-refractivity contribution in [3.05, 3.63) is 22.3 Å². The lowest BCUT2D eigenvalue weighted by Gasteiger charge is -2.24. The Balaban J connectivity index is 2.04. The molecule has 4 nitrogen and oxygen atoms in total. The molecule has 2 N–H and O–H groups in total. The summed E-state index contributed by atoms with van der Waals surface area (Å²) in [5.74, 6) is 0.982. The van der Waals surface area contributed by atoms with E-state index in [1.54, 1.807) is 6.20 Å². The number of hydrogen-bond donors (Lipinski definition) is 2. The van der Waals surface area contributed by atoms with Gasteiger partial charge in [-0.25, -0.2) is 4.98 Å². The second-order valence-electron chi connectivity index (χ2n) is 3.97. The highest BCUT2D eigenvalue weighted by atomic mass is 79.9. The minimum absolute atomic E-state index is 0.134. The maximum atomic E-state index is 11.0. The summed E-state index contributed by atoms with van der Waals surface area (Å²) in [7, 11) is 0. The van der Waals surface area contributed by atoms with E-state index in [9.17, 15) is 4.79 Å². The van der Waals surface area contributed by atoms with Crippen molar-refractivity contribution in [3.8, 4) is 0 Å². The van der Waals surface area contributed by atoms with Gasteiger partial charge in [0.1, 0.15) is 5.82 Å². The third-order valence-electron chi connectivity index (χ3n) is 2.69. The van der Waals surface area contributed by atoms with E-state index in [-0.39, 0.29) is 11.9 Å². The van der Waals surface area contributed by atoms with Crippen LogP contribution < -0.4 is 10.6 Å². The van der Waals surface area contributed by atoms with Gasteiger partial charge >= 0.3 is 0 Å². The molecule has 1 unspecified atom stereocenters. The summed E-state index contributed by atoms with van der Waals surface area (Å²) < 4.78 is 0.993. The zero-order valence-corrected chi connectivity index (χ0v) is 10.7. The van der Waals surface area contributed by atoms with Gasteiger partial charge in [0.25, 0.3) is 0 Å². The van der Waals surface area contributed by atoms with Gasteiger partial charge in [0.05, 0.1) is 4.47 Å². The van der Waals surface area contributed by atoms with Crippen LogP contribution in [0, 0.1) is 6.92 Å². The number of amides is 1. The zero-order chi connectivity index (χ0) is 11.5. The first kappa shape index (κ1) is 11.4. The van der Waals surface area contributed by atoms with Crippen LogP contribution in [-0.2, 0) is 4.79 Å². The van der Waals surface area contributed by atoms with E-state index >= 15 is 0 Å². The molecule has 0 spiro atoms. The number of piperidine rings is 1. The monoisotopic (exact) mass is 283 g/mol. The average molecular weight is 284 g/mol. The van der Waals surface area contributed by atoms with Gasteiger partial charge in [0.15, 0.2) is 0 Å². The maximum Gasteiger partial charge on any atom is 0.220 e. The molecular formula is C11H14BrN3O. The summed E-state index contributed by atoms with van der Waals surface area (Å²) in [6, 6.07) is 2.22. The van der Waals surface area contributed by atoms with Gasteiger partial charge in [-0.15, -0.1) is 0 Å². The predicted molar refractivity (Wildman–Crippen MR) is 66.3 cm³/mol. The fraction of sp³-hybridized carbons (Fsp3) is 0.455. The van der Waals surface area contributed by atoms with Crippen molar-refractivity contribution >= 4 is 27.7 Å². The molecule has 1 aromatic rings. The standard InChI is InChI=1S/C11H14BrN3O/c1-7-4-5-13-11(10(7)12)15-8-2-3-9(16)14-6-8/h4-5,8H,2-3,6H2,1H3,(H,13,15)(H,14,16). The molecule has 1 saturated heterocycles. The maximum absolute atomic E-state index is 11.0. The Labute approximate surface area is 103 Å². The summed E-state index contributed by atoms with van der Waals surface area (Å²) in [6.45, 7) is 2.69. The van der Waals surface area contributed by atoms with E-state index in [0.717, 1.165) is 22.3 Å². The molecule has 1 aromatic heterocycles.